The van der Waals surface area contributed by atoms with Gasteiger partial charge < -0.3 is 20.1 Å². The van der Waals surface area contributed by atoms with Crippen LogP contribution in [-0.2, 0) is 27.9 Å². The number of hydrogen-bond acceptors (Lipinski definition) is 7. The van der Waals surface area contributed by atoms with E-state index in [1.54, 1.807) is 0 Å². The van der Waals surface area contributed by atoms with E-state index < -0.39 is 26.5 Å². The summed E-state index contributed by atoms with van der Waals surface area (Å²) in [6.07, 6.45) is 74.7. The Bertz CT molecular complexity index is 1640. The molecule has 0 aliphatic heterocycles. The van der Waals surface area contributed by atoms with Crippen molar-refractivity contribution in [1.82, 2.24) is 5.32 Å². The summed E-state index contributed by atoms with van der Waals surface area (Å²) in [5.74, 6) is -0.618. The topological polar surface area (TPSA) is 131 Å². The predicted octanol–water partition coefficient (Wildman–Crippen LogP) is 15.0. The molecule has 0 aromatic rings. The largest absolute Gasteiger partial charge is 0.472 e. The predicted molar refractivity (Wildman–Crippen MR) is 283 cm³/mol. The maximum atomic E-state index is 12.2. The summed E-state index contributed by atoms with van der Waals surface area (Å²) in [4.78, 5) is 34.0. The number of rotatable bonds is 44. The van der Waals surface area contributed by atoms with Gasteiger partial charge >= 0.3 is 13.8 Å². The van der Waals surface area contributed by atoms with Gasteiger partial charge in [-0.15, -0.1) is 0 Å². The zero-order chi connectivity index (χ0) is 48.8. The Morgan fingerprint density at radius 2 is 0.821 bits per heavy atom. The molecule has 0 spiro atoms. The van der Waals surface area contributed by atoms with Gasteiger partial charge in [0.2, 0.25) is 5.91 Å². The number of amides is 1. The van der Waals surface area contributed by atoms with Crippen LogP contribution in [0.15, 0.2) is 158 Å². The van der Waals surface area contributed by atoms with E-state index in [0.29, 0.717) is 12.8 Å². The van der Waals surface area contributed by atoms with E-state index in [0.717, 1.165) is 122 Å². The zero-order valence-electron chi connectivity index (χ0n) is 41.3. The second-order valence-electron chi connectivity index (χ2n) is 15.7. The van der Waals surface area contributed by atoms with E-state index in [9.17, 15) is 24.2 Å². The molecule has 3 N–H and O–H groups in total. The number of phosphoric ester groups is 1. The maximum absolute atomic E-state index is 12.2. The number of aliphatic hydroxyl groups is 1. The van der Waals surface area contributed by atoms with Gasteiger partial charge in [-0.1, -0.05) is 185 Å². The Labute approximate surface area is 407 Å². The van der Waals surface area contributed by atoms with Crippen molar-refractivity contribution in [1.29, 1.82) is 0 Å². The van der Waals surface area contributed by atoms with Crippen LogP contribution in [0.1, 0.15) is 155 Å². The Morgan fingerprint density at radius 3 is 1.22 bits per heavy atom. The van der Waals surface area contributed by atoms with E-state index in [2.05, 4.69) is 171 Å². The summed E-state index contributed by atoms with van der Waals surface area (Å²) < 4.78 is 26.9. The number of carbonyl (C=O) groups excluding carboxylic acids is 2. The van der Waals surface area contributed by atoms with Crippen molar-refractivity contribution in [3.05, 3.63) is 158 Å². The van der Waals surface area contributed by atoms with Crippen molar-refractivity contribution >= 4 is 19.7 Å². The van der Waals surface area contributed by atoms with Crippen molar-refractivity contribution in [2.45, 2.75) is 161 Å². The standard InChI is InChI=1S/C57H88NO8P/c1-3-5-7-9-11-13-15-17-19-21-23-25-27-29-31-33-35-37-39-41-43-45-47-49-56(60)58-51-52-65-67(62,63)66-54-55(59)53-64-57(61)50-48-46-44-42-40-38-36-34-32-30-28-26-24-22-20-18-16-14-12-10-8-6-4-2/h5-8,11-14,17-20,23-26,29-32,35-38,42,44,55,59H,3-4,9-10,15-16,21-22,27-28,33-34,39-41,43,45-54H2,1-2H3,(H,58,60)(H,62,63)/b7-5-,8-6-,13-11-,14-12-,19-17-,20-18-,25-23-,26-24-,31-29-,32-30-,37-35-,38-36-,44-42-. The van der Waals surface area contributed by atoms with Gasteiger partial charge in [0.1, 0.15) is 12.7 Å². The molecule has 0 saturated heterocycles. The number of aliphatic hydroxyl groups excluding tert-OH is 1. The van der Waals surface area contributed by atoms with E-state index in [4.69, 9.17) is 13.8 Å². The minimum Gasteiger partial charge on any atom is -0.463 e. The molecule has 0 rings (SSSR count). The maximum Gasteiger partial charge on any atom is 0.472 e. The molecule has 0 aromatic heterocycles. The van der Waals surface area contributed by atoms with Gasteiger partial charge in [0.25, 0.3) is 0 Å². The summed E-state index contributed by atoms with van der Waals surface area (Å²) in [7, 11) is -4.46. The number of hydrogen-bond donors (Lipinski definition) is 3. The molecular weight excluding hydrogens is 858 g/mol. The first kappa shape index (κ1) is 62.6. The normalized spacial score (nSPS) is 14.5. The second-order valence-corrected chi connectivity index (χ2v) is 17.1. The highest BCUT2D eigenvalue weighted by molar-refractivity contribution is 7.47. The number of phosphoric acid groups is 1. The number of allylic oxidation sites excluding steroid dienone is 26. The van der Waals surface area contributed by atoms with Crippen LogP contribution in [-0.4, -0.2) is 54.3 Å². The first-order chi connectivity index (χ1) is 32.8. The first-order valence-electron chi connectivity index (χ1n) is 25.0. The second kappa shape index (κ2) is 51.0. The van der Waals surface area contributed by atoms with Crippen molar-refractivity contribution in [2.75, 3.05) is 26.4 Å². The lowest BCUT2D eigenvalue weighted by atomic mass is 10.1. The van der Waals surface area contributed by atoms with Crippen LogP contribution in [0.5, 0.6) is 0 Å². The van der Waals surface area contributed by atoms with Crippen LogP contribution in [0.3, 0.4) is 0 Å². The number of ether oxygens (including phenoxy) is 1. The molecule has 2 unspecified atom stereocenters. The highest BCUT2D eigenvalue weighted by atomic mass is 31.2. The summed E-state index contributed by atoms with van der Waals surface area (Å²) in [5, 5.41) is 12.7. The molecule has 374 valence electrons. The molecule has 0 bridgehead atoms. The third-order valence-electron chi connectivity index (χ3n) is 9.45. The third kappa shape index (κ3) is 52.5. The quantitative estimate of drug-likeness (QED) is 0.0238. The molecule has 0 saturated carbocycles. The number of esters is 1. The van der Waals surface area contributed by atoms with E-state index in [-0.39, 0.29) is 32.1 Å². The molecule has 0 radical (unpaired) electrons. The van der Waals surface area contributed by atoms with Crippen LogP contribution in [0.25, 0.3) is 0 Å². The van der Waals surface area contributed by atoms with Crippen molar-refractivity contribution in [3.8, 4) is 0 Å². The fourth-order valence-corrected chi connectivity index (χ4v) is 6.54. The molecule has 0 aromatic carbocycles. The monoisotopic (exact) mass is 946 g/mol. The van der Waals surface area contributed by atoms with Crippen LogP contribution in [0, 0.1) is 0 Å². The number of nitrogens with one attached hydrogen (secondary N) is 1. The Balaban J connectivity index is 3.76. The Hall–Kier alpha value is -4.37. The summed E-state index contributed by atoms with van der Waals surface area (Å²) in [5.41, 5.74) is 0. The lowest BCUT2D eigenvalue weighted by Crippen LogP contribution is -2.27. The minimum absolute atomic E-state index is 0.0489. The fraction of sp³-hybridized carbons (Fsp3) is 0.509. The molecule has 0 fully saturated rings. The molecule has 9 nitrogen and oxygen atoms in total. The van der Waals surface area contributed by atoms with E-state index in [1.165, 1.54) is 0 Å². The van der Waals surface area contributed by atoms with Crippen LogP contribution < -0.4 is 5.32 Å². The SMILES string of the molecule is CC/C=C\C/C=C\C/C=C\C/C=C\C/C=C\C/C=C\C/C=C\CCCC(=O)OCC(O)COP(=O)(O)OCCNC(=O)CCCCCC/C=C\C/C=C\C/C=C\C/C=C\C/C=C\C/C=C\CC. The lowest BCUT2D eigenvalue weighted by Gasteiger charge is -2.15. The third-order valence-corrected chi connectivity index (χ3v) is 10.4. The molecule has 0 heterocycles. The van der Waals surface area contributed by atoms with Gasteiger partial charge in [0.05, 0.1) is 13.2 Å². The molecular formula is C57H88NO8P. The zero-order valence-corrected chi connectivity index (χ0v) is 42.2. The molecule has 10 heteroatoms. The van der Waals surface area contributed by atoms with E-state index in [1.807, 2.05) is 6.08 Å². The molecule has 2 atom stereocenters. The van der Waals surface area contributed by atoms with Gasteiger partial charge in [-0.05, 0) is 116 Å². The molecule has 1 amide bonds. The lowest BCUT2D eigenvalue weighted by molar-refractivity contribution is -0.147. The smallest absolute Gasteiger partial charge is 0.463 e. The van der Waals surface area contributed by atoms with Gasteiger partial charge in [0.15, 0.2) is 0 Å². The Kier molecular flexibility index (Phi) is 47.7. The Morgan fingerprint density at radius 1 is 0.463 bits per heavy atom. The average molecular weight is 946 g/mol. The van der Waals surface area contributed by atoms with Crippen molar-refractivity contribution in [2.24, 2.45) is 0 Å². The number of unbranched alkanes of at least 4 members (excludes halogenated alkanes) is 5. The number of carbonyl (C=O) groups is 2. The van der Waals surface area contributed by atoms with Gasteiger partial charge in [-0.25, -0.2) is 4.57 Å². The van der Waals surface area contributed by atoms with Crippen LogP contribution in [0.2, 0.25) is 0 Å². The average Bonchev–Trinajstić information content (AvgIpc) is 3.32. The van der Waals surface area contributed by atoms with Crippen molar-refractivity contribution in [3.63, 3.8) is 0 Å². The highest BCUT2D eigenvalue weighted by Crippen LogP contribution is 2.42. The van der Waals surface area contributed by atoms with Gasteiger partial charge in [-0.3, -0.25) is 18.6 Å². The van der Waals surface area contributed by atoms with Crippen LogP contribution >= 0.6 is 7.82 Å². The highest BCUT2D eigenvalue weighted by Gasteiger charge is 2.23. The molecule has 0 aliphatic carbocycles. The van der Waals surface area contributed by atoms with Gasteiger partial charge in [0, 0.05) is 19.4 Å². The van der Waals surface area contributed by atoms with Gasteiger partial charge in [-0.2, -0.15) is 0 Å². The first-order valence-corrected chi connectivity index (χ1v) is 26.5. The van der Waals surface area contributed by atoms with Crippen molar-refractivity contribution < 1.29 is 37.9 Å². The minimum atomic E-state index is -4.46. The summed E-state index contributed by atoms with van der Waals surface area (Å²) in [6, 6.07) is 0. The summed E-state index contributed by atoms with van der Waals surface area (Å²) >= 11 is 0. The summed E-state index contributed by atoms with van der Waals surface area (Å²) in [6.45, 7) is 3.19. The van der Waals surface area contributed by atoms with Crippen LogP contribution in [0.4, 0.5) is 0 Å². The van der Waals surface area contributed by atoms with E-state index >= 15 is 0 Å². The fourth-order valence-electron chi connectivity index (χ4n) is 5.78. The molecule has 67 heavy (non-hydrogen) atoms. The molecule has 0 aliphatic rings.